The number of Topliss-reactive ketones (excluding diaryl/α,β-unsaturated/α-hetero) is 2. The highest BCUT2D eigenvalue weighted by Crippen LogP contribution is 2.22. The van der Waals surface area contributed by atoms with Crippen LogP contribution in [-0.2, 0) is 4.79 Å². The van der Waals surface area contributed by atoms with E-state index in [1.807, 2.05) is 19.1 Å². The largest absolute Gasteiger partial charge is 0.300 e. The van der Waals surface area contributed by atoms with Gasteiger partial charge in [-0.3, -0.25) is 4.79 Å². The molecule has 0 N–H and O–H groups in total. The van der Waals surface area contributed by atoms with Crippen molar-refractivity contribution in [3.63, 3.8) is 0 Å². The zero-order valence-electron chi connectivity index (χ0n) is 9.71. The molecule has 1 atom stereocenters. The van der Waals surface area contributed by atoms with Gasteiger partial charge in [0.05, 0.1) is 0 Å². The fourth-order valence-corrected chi connectivity index (χ4v) is 2.30. The number of carbonyl (C=O) groups excluding carboxylic acids is 2. The molecule has 1 unspecified atom stereocenters. The summed E-state index contributed by atoms with van der Waals surface area (Å²) in [7, 11) is 0. The molecule has 0 saturated carbocycles. The third kappa shape index (κ3) is 3.27. The highest BCUT2D eigenvalue weighted by molar-refractivity contribution is 9.10. The molecule has 1 aromatic rings. The molecule has 0 aromatic heterocycles. The Labute approximate surface area is 104 Å². The van der Waals surface area contributed by atoms with Crippen molar-refractivity contribution in [2.75, 3.05) is 0 Å². The first kappa shape index (κ1) is 13.1. The molecular weight excluding hydrogens is 268 g/mol. The Morgan fingerprint density at radius 2 is 2.00 bits per heavy atom. The lowest BCUT2D eigenvalue weighted by molar-refractivity contribution is -0.117. The summed E-state index contributed by atoms with van der Waals surface area (Å²) >= 11 is 3.38. The Hall–Kier alpha value is -0.960. The molecule has 0 aliphatic carbocycles. The average Bonchev–Trinajstić information content (AvgIpc) is 2.15. The summed E-state index contributed by atoms with van der Waals surface area (Å²) in [6.45, 7) is 5.27. The van der Waals surface area contributed by atoms with Crippen LogP contribution in [-0.4, -0.2) is 11.6 Å². The Balaban J connectivity index is 2.92. The van der Waals surface area contributed by atoms with Crippen LogP contribution in [0.3, 0.4) is 0 Å². The normalized spacial score (nSPS) is 12.2. The van der Waals surface area contributed by atoms with Crippen molar-refractivity contribution in [2.24, 2.45) is 5.92 Å². The predicted octanol–water partition coefficient (Wildman–Crippen LogP) is 3.56. The van der Waals surface area contributed by atoms with Gasteiger partial charge in [0.15, 0.2) is 5.78 Å². The lowest BCUT2D eigenvalue weighted by Gasteiger charge is -2.10. The number of benzene rings is 1. The van der Waals surface area contributed by atoms with Crippen LogP contribution in [0.1, 0.15) is 36.2 Å². The Kier molecular flexibility index (Phi) is 4.42. The summed E-state index contributed by atoms with van der Waals surface area (Å²) in [6.07, 6.45) is 0.305. The van der Waals surface area contributed by atoms with Gasteiger partial charge in [-0.05, 0) is 31.5 Å². The molecule has 0 saturated heterocycles. The molecule has 0 aliphatic heterocycles. The molecule has 0 heterocycles. The quantitative estimate of drug-likeness (QED) is 0.792. The van der Waals surface area contributed by atoms with Gasteiger partial charge in [-0.25, -0.2) is 0 Å². The maximum absolute atomic E-state index is 12.0. The Bertz CT molecular complexity index is 424. The molecule has 0 radical (unpaired) electrons. The van der Waals surface area contributed by atoms with Crippen molar-refractivity contribution in [3.05, 3.63) is 33.8 Å². The highest BCUT2D eigenvalue weighted by atomic mass is 79.9. The van der Waals surface area contributed by atoms with E-state index in [0.29, 0.717) is 12.0 Å². The maximum atomic E-state index is 12.0. The minimum Gasteiger partial charge on any atom is -0.300 e. The van der Waals surface area contributed by atoms with Crippen LogP contribution < -0.4 is 0 Å². The van der Waals surface area contributed by atoms with E-state index in [-0.39, 0.29) is 17.5 Å². The monoisotopic (exact) mass is 282 g/mol. The number of halogens is 1. The van der Waals surface area contributed by atoms with E-state index in [1.165, 1.54) is 6.92 Å². The lowest BCUT2D eigenvalue weighted by atomic mass is 9.94. The minimum absolute atomic E-state index is 0.0158. The summed E-state index contributed by atoms with van der Waals surface area (Å²) in [5.74, 6) is -0.192. The predicted molar refractivity (Wildman–Crippen MR) is 67.7 cm³/mol. The van der Waals surface area contributed by atoms with Crippen molar-refractivity contribution in [1.82, 2.24) is 0 Å². The average molecular weight is 283 g/mol. The molecule has 0 spiro atoms. The molecular formula is C13H15BrO2. The summed E-state index contributed by atoms with van der Waals surface area (Å²) in [4.78, 5) is 23.0. The van der Waals surface area contributed by atoms with Gasteiger partial charge in [0.1, 0.15) is 5.78 Å². The van der Waals surface area contributed by atoms with Gasteiger partial charge < -0.3 is 4.79 Å². The van der Waals surface area contributed by atoms with Gasteiger partial charge in [-0.2, -0.15) is 0 Å². The van der Waals surface area contributed by atoms with Crippen LogP contribution in [0.25, 0.3) is 0 Å². The zero-order valence-corrected chi connectivity index (χ0v) is 11.3. The van der Waals surface area contributed by atoms with E-state index in [0.717, 1.165) is 10.0 Å². The van der Waals surface area contributed by atoms with Crippen molar-refractivity contribution in [3.8, 4) is 0 Å². The van der Waals surface area contributed by atoms with E-state index in [2.05, 4.69) is 15.9 Å². The number of aryl methyl sites for hydroxylation is 1. The van der Waals surface area contributed by atoms with Crippen LogP contribution in [0, 0.1) is 12.8 Å². The molecule has 16 heavy (non-hydrogen) atoms. The van der Waals surface area contributed by atoms with Gasteiger partial charge in [0.25, 0.3) is 0 Å². The molecule has 0 fully saturated rings. The first-order valence-electron chi connectivity index (χ1n) is 5.21. The smallest absolute Gasteiger partial charge is 0.167 e. The van der Waals surface area contributed by atoms with E-state index in [4.69, 9.17) is 0 Å². The van der Waals surface area contributed by atoms with Crippen molar-refractivity contribution < 1.29 is 9.59 Å². The van der Waals surface area contributed by atoms with E-state index < -0.39 is 0 Å². The molecule has 0 aliphatic rings. The maximum Gasteiger partial charge on any atom is 0.167 e. The number of carbonyl (C=O) groups is 2. The third-order valence-corrected chi connectivity index (χ3v) is 3.09. The van der Waals surface area contributed by atoms with Crippen molar-refractivity contribution >= 4 is 27.5 Å². The van der Waals surface area contributed by atoms with Crippen LogP contribution in [0.15, 0.2) is 22.7 Å². The fraction of sp³-hybridized carbons (Fsp3) is 0.385. The number of rotatable bonds is 4. The number of hydrogen-bond donors (Lipinski definition) is 0. The van der Waals surface area contributed by atoms with Crippen LogP contribution in [0.4, 0.5) is 0 Å². The van der Waals surface area contributed by atoms with Crippen LogP contribution in [0.5, 0.6) is 0 Å². The molecule has 86 valence electrons. The summed E-state index contributed by atoms with van der Waals surface area (Å²) < 4.78 is 0.799. The molecule has 1 aromatic carbocycles. The molecule has 2 nitrogen and oxygen atoms in total. The lowest BCUT2D eigenvalue weighted by Crippen LogP contribution is -2.14. The van der Waals surface area contributed by atoms with Gasteiger partial charge in [0.2, 0.25) is 0 Å². The topological polar surface area (TPSA) is 34.1 Å². The van der Waals surface area contributed by atoms with Gasteiger partial charge in [-0.1, -0.05) is 28.9 Å². The number of ketones is 2. The molecule has 0 amide bonds. The first-order chi connectivity index (χ1) is 7.41. The molecule has 1 rings (SSSR count). The van der Waals surface area contributed by atoms with E-state index >= 15 is 0 Å². The molecule has 0 bridgehead atoms. The van der Waals surface area contributed by atoms with Crippen LogP contribution in [0.2, 0.25) is 0 Å². The standard InChI is InChI=1S/C13H15BrO2/c1-8-4-5-11(12(14)6-8)13(16)9(2)7-10(3)15/h4-6,9H,7H2,1-3H3. The Morgan fingerprint density at radius 3 is 2.50 bits per heavy atom. The van der Waals surface area contributed by atoms with Crippen molar-refractivity contribution in [1.29, 1.82) is 0 Å². The summed E-state index contributed by atoms with van der Waals surface area (Å²) in [6, 6.07) is 5.62. The second-order valence-corrected chi connectivity index (χ2v) is 5.01. The molecule has 3 heteroatoms. The van der Waals surface area contributed by atoms with Gasteiger partial charge in [-0.15, -0.1) is 0 Å². The second-order valence-electron chi connectivity index (χ2n) is 4.15. The second kappa shape index (κ2) is 5.39. The third-order valence-electron chi connectivity index (χ3n) is 2.43. The van der Waals surface area contributed by atoms with Gasteiger partial charge >= 0.3 is 0 Å². The van der Waals surface area contributed by atoms with E-state index in [9.17, 15) is 9.59 Å². The van der Waals surface area contributed by atoms with Crippen LogP contribution >= 0.6 is 15.9 Å². The summed E-state index contributed by atoms with van der Waals surface area (Å²) in [5.41, 5.74) is 1.75. The zero-order chi connectivity index (χ0) is 12.3. The Morgan fingerprint density at radius 1 is 1.38 bits per heavy atom. The minimum atomic E-state index is -0.253. The van der Waals surface area contributed by atoms with Crippen molar-refractivity contribution in [2.45, 2.75) is 27.2 Å². The highest BCUT2D eigenvalue weighted by Gasteiger charge is 2.18. The number of hydrogen-bond acceptors (Lipinski definition) is 2. The van der Waals surface area contributed by atoms with E-state index in [1.54, 1.807) is 13.0 Å². The van der Waals surface area contributed by atoms with Gasteiger partial charge in [0, 0.05) is 22.4 Å². The fourth-order valence-electron chi connectivity index (χ4n) is 1.61. The summed E-state index contributed by atoms with van der Waals surface area (Å²) in [5, 5.41) is 0. The first-order valence-corrected chi connectivity index (χ1v) is 6.01. The SMILES string of the molecule is CC(=O)CC(C)C(=O)c1ccc(C)cc1Br.